The smallest absolute Gasteiger partial charge is 0.337 e. The van der Waals surface area contributed by atoms with Crippen molar-refractivity contribution < 1.29 is 9.90 Å². The summed E-state index contributed by atoms with van der Waals surface area (Å²) in [5.41, 5.74) is 0.144. The molecule has 1 heterocycles. The maximum absolute atomic E-state index is 11.0. The average molecular weight is 297 g/mol. The molecule has 0 aliphatic carbocycles. The molecule has 2 rings (SSSR count). The van der Waals surface area contributed by atoms with E-state index >= 15 is 0 Å². The van der Waals surface area contributed by atoms with Crippen LogP contribution in [0.3, 0.4) is 0 Å². The zero-order valence-electron chi connectivity index (χ0n) is 10.3. The van der Waals surface area contributed by atoms with Gasteiger partial charge in [-0.1, -0.05) is 11.6 Å². The Labute approximate surface area is 120 Å². The number of rotatable bonds is 5. The monoisotopic (exact) mass is 296 g/mol. The van der Waals surface area contributed by atoms with Gasteiger partial charge in [0.1, 0.15) is 5.82 Å². The largest absolute Gasteiger partial charge is 0.478 e. The second kappa shape index (κ2) is 6.12. The molecule has 0 fully saturated rings. The molecule has 1 N–H and O–H groups in total. The minimum absolute atomic E-state index is 0.144. The van der Waals surface area contributed by atoms with Crippen molar-refractivity contribution in [2.45, 2.75) is 18.4 Å². The topological polar surface area (TPSA) is 55.1 Å². The first-order valence-electron chi connectivity index (χ1n) is 5.71. The zero-order valence-corrected chi connectivity index (χ0v) is 11.9. The quantitative estimate of drug-likeness (QED) is 0.860. The Hall–Kier alpha value is -1.46. The maximum atomic E-state index is 11.0. The Kier molecular flexibility index (Phi) is 4.50. The van der Waals surface area contributed by atoms with E-state index in [9.17, 15) is 4.79 Å². The first-order chi connectivity index (χ1) is 9.08. The van der Waals surface area contributed by atoms with E-state index in [-0.39, 0.29) is 10.6 Å². The van der Waals surface area contributed by atoms with Crippen LogP contribution in [-0.4, -0.2) is 26.4 Å². The number of thioether (sulfide) groups is 1. The van der Waals surface area contributed by atoms with Crippen LogP contribution < -0.4 is 0 Å². The number of halogens is 1. The summed E-state index contributed by atoms with van der Waals surface area (Å²) in [5.74, 6) is 0.818. The molecule has 0 bridgehead atoms. The predicted molar refractivity (Wildman–Crippen MR) is 76.1 cm³/mol. The number of hydrogen-bond donors (Lipinski definition) is 1. The second-order valence-electron chi connectivity index (χ2n) is 3.96. The van der Waals surface area contributed by atoms with Gasteiger partial charge in [0.2, 0.25) is 0 Å². The molecular weight excluding hydrogens is 284 g/mol. The van der Waals surface area contributed by atoms with Crippen LogP contribution in [0.5, 0.6) is 0 Å². The minimum atomic E-state index is -1.00. The van der Waals surface area contributed by atoms with Crippen LogP contribution in [0.25, 0.3) is 0 Å². The SMILES string of the molecule is Cc1nccn1CCSc1ccc(Cl)c(C(=O)O)c1. The Bertz CT molecular complexity index is 598. The van der Waals surface area contributed by atoms with E-state index in [2.05, 4.69) is 9.55 Å². The first-order valence-corrected chi connectivity index (χ1v) is 7.07. The molecule has 100 valence electrons. The van der Waals surface area contributed by atoms with Gasteiger partial charge < -0.3 is 9.67 Å². The second-order valence-corrected chi connectivity index (χ2v) is 5.54. The lowest BCUT2D eigenvalue weighted by molar-refractivity contribution is 0.0697. The van der Waals surface area contributed by atoms with Gasteiger partial charge in [0.15, 0.2) is 0 Å². The van der Waals surface area contributed by atoms with Crippen LogP contribution in [0.15, 0.2) is 35.5 Å². The van der Waals surface area contributed by atoms with Crippen LogP contribution in [-0.2, 0) is 6.54 Å². The third kappa shape index (κ3) is 3.52. The number of hydrogen-bond acceptors (Lipinski definition) is 3. The summed E-state index contributed by atoms with van der Waals surface area (Å²) in [6.45, 7) is 2.79. The fraction of sp³-hybridized carbons (Fsp3) is 0.231. The molecule has 4 nitrogen and oxygen atoms in total. The third-order valence-corrected chi connectivity index (χ3v) is 4.00. The normalized spacial score (nSPS) is 10.6. The van der Waals surface area contributed by atoms with Gasteiger partial charge in [-0.2, -0.15) is 0 Å². The average Bonchev–Trinajstić information content (AvgIpc) is 2.77. The molecule has 0 amide bonds. The van der Waals surface area contributed by atoms with Crippen LogP contribution in [0, 0.1) is 6.92 Å². The number of benzene rings is 1. The van der Waals surface area contributed by atoms with Gasteiger partial charge in [0.05, 0.1) is 10.6 Å². The van der Waals surface area contributed by atoms with Crippen molar-refractivity contribution in [2.75, 3.05) is 5.75 Å². The highest BCUT2D eigenvalue weighted by molar-refractivity contribution is 7.99. The van der Waals surface area contributed by atoms with Crippen LogP contribution in [0.4, 0.5) is 0 Å². The molecule has 6 heteroatoms. The van der Waals surface area contributed by atoms with Crippen molar-refractivity contribution in [1.29, 1.82) is 0 Å². The number of aryl methyl sites for hydroxylation is 2. The number of carboxylic acids is 1. The van der Waals surface area contributed by atoms with Crippen molar-refractivity contribution in [3.8, 4) is 0 Å². The first kappa shape index (κ1) is 14.0. The molecule has 0 saturated heterocycles. The molecule has 0 saturated carbocycles. The van der Waals surface area contributed by atoms with E-state index < -0.39 is 5.97 Å². The van der Waals surface area contributed by atoms with E-state index in [0.29, 0.717) is 0 Å². The molecule has 1 aromatic heterocycles. The van der Waals surface area contributed by atoms with Crippen molar-refractivity contribution in [1.82, 2.24) is 9.55 Å². The molecule has 2 aromatic rings. The highest BCUT2D eigenvalue weighted by Gasteiger charge is 2.09. The van der Waals surface area contributed by atoms with Gasteiger partial charge >= 0.3 is 5.97 Å². The van der Waals surface area contributed by atoms with E-state index in [4.69, 9.17) is 16.7 Å². The van der Waals surface area contributed by atoms with Gasteiger partial charge in [-0.25, -0.2) is 9.78 Å². The summed E-state index contributed by atoms with van der Waals surface area (Å²) in [6, 6.07) is 5.06. The summed E-state index contributed by atoms with van der Waals surface area (Å²) < 4.78 is 2.06. The van der Waals surface area contributed by atoms with Crippen molar-refractivity contribution >= 4 is 29.3 Å². The van der Waals surface area contributed by atoms with Crippen LogP contribution in [0.1, 0.15) is 16.2 Å². The minimum Gasteiger partial charge on any atom is -0.478 e. The summed E-state index contributed by atoms with van der Waals surface area (Å²) in [4.78, 5) is 16.0. The molecule has 0 radical (unpaired) electrons. The van der Waals surface area contributed by atoms with Crippen molar-refractivity contribution in [2.24, 2.45) is 0 Å². The van der Waals surface area contributed by atoms with Gasteiger partial charge in [0.25, 0.3) is 0 Å². The highest BCUT2D eigenvalue weighted by Crippen LogP contribution is 2.24. The van der Waals surface area contributed by atoms with Crippen LogP contribution >= 0.6 is 23.4 Å². The Morgan fingerprint density at radius 1 is 1.53 bits per heavy atom. The summed E-state index contributed by atoms with van der Waals surface area (Å²) in [7, 11) is 0. The number of aromatic carboxylic acids is 1. The predicted octanol–water partition coefficient (Wildman–Crippen LogP) is 3.34. The molecule has 0 aliphatic rings. The molecule has 0 aliphatic heterocycles. The Morgan fingerprint density at radius 3 is 2.95 bits per heavy atom. The summed E-state index contributed by atoms with van der Waals surface area (Å²) in [6.07, 6.45) is 3.70. The van der Waals surface area contributed by atoms with E-state index in [1.807, 2.05) is 19.2 Å². The molecule has 0 atom stereocenters. The molecule has 1 aromatic carbocycles. The number of carboxylic acid groups (broad SMARTS) is 1. The van der Waals surface area contributed by atoms with E-state index in [0.717, 1.165) is 23.0 Å². The fourth-order valence-electron chi connectivity index (χ4n) is 1.66. The lowest BCUT2D eigenvalue weighted by Crippen LogP contribution is -2.01. The van der Waals surface area contributed by atoms with Crippen LogP contribution in [0.2, 0.25) is 5.02 Å². The fourth-order valence-corrected chi connectivity index (χ4v) is 2.75. The number of nitrogens with zero attached hydrogens (tertiary/aromatic N) is 2. The lowest BCUT2D eigenvalue weighted by atomic mass is 10.2. The number of carbonyl (C=O) groups is 1. The summed E-state index contributed by atoms with van der Waals surface area (Å²) in [5, 5.41) is 9.26. The molecular formula is C13H13ClN2O2S. The van der Waals surface area contributed by atoms with Gasteiger partial charge in [-0.3, -0.25) is 0 Å². The van der Waals surface area contributed by atoms with Gasteiger partial charge in [-0.05, 0) is 25.1 Å². The van der Waals surface area contributed by atoms with Gasteiger partial charge in [0, 0.05) is 29.6 Å². The maximum Gasteiger partial charge on any atom is 0.337 e. The zero-order chi connectivity index (χ0) is 13.8. The number of aromatic nitrogens is 2. The molecule has 0 unspecified atom stereocenters. The van der Waals surface area contributed by atoms with E-state index in [1.54, 1.807) is 30.1 Å². The number of imidazole rings is 1. The molecule has 19 heavy (non-hydrogen) atoms. The third-order valence-electron chi connectivity index (χ3n) is 2.69. The van der Waals surface area contributed by atoms with Gasteiger partial charge in [-0.15, -0.1) is 11.8 Å². The Morgan fingerprint density at radius 2 is 2.32 bits per heavy atom. The van der Waals surface area contributed by atoms with Crippen molar-refractivity contribution in [3.63, 3.8) is 0 Å². The summed E-state index contributed by atoms with van der Waals surface area (Å²) >= 11 is 7.42. The van der Waals surface area contributed by atoms with E-state index in [1.165, 1.54) is 0 Å². The Balaban J connectivity index is 1.98. The lowest BCUT2D eigenvalue weighted by Gasteiger charge is -2.06. The highest BCUT2D eigenvalue weighted by atomic mass is 35.5. The molecule has 0 spiro atoms. The standard InChI is InChI=1S/C13H13ClN2O2S/c1-9-15-4-5-16(9)6-7-19-10-2-3-12(14)11(8-10)13(17)18/h2-5,8H,6-7H2,1H3,(H,17,18). The van der Waals surface area contributed by atoms with Crippen molar-refractivity contribution in [3.05, 3.63) is 47.0 Å².